The largest absolute Gasteiger partial charge is 0.336 e. The maximum atomic E-state index is 12.6. The van der Waals surface area contributed by atoms with Crippen LogP contribution in [0.25, 0.3) is 0 Å². The number of piperazine rings is 1. The maximum absolute atomic E-state index is 12.6. The van der Waals surface area contributed by atoms with Gasteiger partial charge in [-0.3, -0.25) is 9.59 Å². The predicted octanol–water partition coefficient (Wildman–Crippen LogP) is 1.58. The van der Waals surface area contributed by atoms with Crippen molar-refractivity contribution in [3.05, 3.63) is 35.9 Å². The van der Waals surface area contributed by atoms with Gasteiger partial charge in [0.25, 0.3) is 0 Å². The number of hydrogen-bond acceptors (Lipinski definition) is 3. The van der Waals surface area contributed by atoms with Crippen LogP contribution in [0.5, 0.6) is 0 Å². The second-order valence-corrected chi connectivity index (χ2v) is 8.06. The Balaban J connectivity index is 1.27. The van der Waals surface area contributed by atoms with Gasteiger partial charge in [0.1, 0.15) is 6.54 Å². The van der Waals surface area contributed by atoms with Gasteiger partial charge in [-0.15, -0.1) is 0 Å². The summed E-state index contributed by atoms with van der Waals surface area (Å²) in [4.78, 5) is 42.7. The molecule has 0 aromatic heterocycles. The normalized spacial score (nSPS) is 23.6. The SMILES string of the molecule is O=C1C[C@H](NC(=O)N2CCN(C3CCCC3)C(=O)C2)CN1Cc1ccccc1. The molecule has 1 saturated carbocycles. The average molecular weight is 384 g/mol. The zero-order valence-corrected chi connectivity index (χ0v) is 16.2. The minimum atomic E-state index is -0.237. The van der Waals surface area contributed by atoms with Crippen molar-refractivity contribution in [3.8, 4) is 0 Å². The van der Waals surface area contributed by atoms with Gasteiger partial charge in [0.15, 0.2) is 0 Å². The van der Waals surface area contributed by atoms with Crippen LogP contribution in [0.15, 0.2) is 30.3 Å². The molecule has 4 rings (SSSR count). The van der Waals surface area contributed by atoms with E-state index in [9.17, 15) is 14.4 Å². The molecule has 150 valence electrons. The number of carbonyl (C=O) groups excluding carboxylic acids is 3. The highest BCUT2D eigenvalue weighted by Gasteiger charge is 2.35. The number of rotatable bonds is 4. The lowest BCUT2D eigenvalue weighted by Crippen LogP contribution is -2.57. The molecule has 4 amide bonds. The molecule has 0 spiro atoms. The molecule has 3 fully saturated rings. The minimum Gasteiger partial charge on any atom is -0.336 e. The van der Waals surface area contributed by atoms with Crippen molar-refractivity contribution in [3.63, 3.8) is 0 Å². The molecule has 2 aliphatic heterocycles. The smallest absolute Gasteiger partial charge is 0.318 e. The van der Waals surface area contributed by atoms with Gasteiger partial charge in [-0.25, -0.2) is 4.79 Å². The number of nitrogens with zero attached hydrogens (tertiary/aromatic N) is 3. The van der Waals surface area contributed by atoms with Gasteiger partial charge in [0, 0.05) is 38.6 Å². The maximum Gasteiger partial charge on any atom is 0.318 e. The predicted molar refractivity (Wildman–Crippen MR) is 104 cm³/mol. The third-order valence-electron chi connectivity index (χ3n) is 6.07. The fraction of sp³-hybridized carbons (Fsp3) is 0.571. The highest BCUT2D eigenvalue weighted by atomic mass is 16.2. The molecule has 0 radical (unpaired) electrons. The summed E-state index contributed by atoms with van der Waals surface area (Å²) in [7, 11) is 0. The second-order valence-electron chi connectivity index (χ2n) is 8.06. The first-order chi connectivity index (χ1) is 13.6. The van der Waals surface area contributed by atoms with Crippen LogP contribution in [0, 0.1) is 0 Å². The Morgan fingerprint density at radius 3 is 2.50 bits per heavy atom. The number of hydrogen-bond donors (Lipinski definition) is 1. The monoisotopic (exact) mass is 384 g/mol. The Kier molecular flexibility index (Phi) is 5.50. The number of amides is 4. The van der Waals surface area contributed by atoms with Gasteiger partial charge in [-0.1, -0.05) is 43.2 Å². The minimum absolute atomic E-state index is 0.0431. The lowest BCUT2D eigenvalue weighted by Gasteiger charge is -2.38. The molecule has 3 aliphatic rings. The van der Waals surface area contributed by atoms with Gasteiger partial charge in [0.05, 0.1) is 6.04 Å². The first-order valence-electron chi connectivity index (χ1n) is 10.3. The van der Waals surface area contributed by atoms with Gasteiger partial charge in [0.2, 0.25) is 11.8 Å². The number of likely N-dealkylation sites (tertiary alicyclic amines) is 1. The Labute approximate surface area is 165 Å². The molecule has 1 atom stereocenters. The van der Waals surface area contributed by atoms with Gasteiger partial charge in [-0.05, 0) is 18.4 Å². The molecule has 1 aromatic rings. The van der Waals surface area contributed by atoms with Gasteiger partial charge < -0.3 is 20.0 Å². The third-order valence-corrected chi connectivity index (χ3v) is 6.07. The Hall–Kier alpha value is -2.57. The molecule has 1 aliphatic carbocycles. The Bertz CT molecular complexity index is 732. The van der Waals surface area contributed by atoms with E-state index in [1.54, 1.807) is 9.80 Å². The molecule has 0 unspecified atom stereocenters. The lowest BCUT2D eigenvalue weighted by molar-refractivity contribution is -0.137. The Morgan fingerprint density at radius 2 is 1.79 bits per heavy atom. The molecule has 7 heteroatoms. The topological polar surface area (TPSA) is 73.0 Å². The summed E-state index contributed by atoms with van der Waals surface area (Å²) in [6.07, 6.45) is 4.86. The van der Waals surface area contributed by atoms with Crippen LogP contribution in [0.2, 0.25) is 0 Å². The van der Waals surface area contributed by atoms with E-state index in [0.717, 1.165) is 18.4 Å². The molecular formula is C21H28N4O3. The van der Waals surface area contributed by atoms with Crippen LogP contribution in [-0.2, 0) is 16.1 Å². The van der Waals surface area contributed by atoms with Crippen molar-refractivity contribution in [2.24, 2.45) is 0 Å². The molecule has 28 heavy (non-hydrogen) atoms. The van der Waals surface area contributed by atoms with Crippen LogP contribution < -0.4 is 5.32 Å². The van der Waals surface area contributed by atoms with Crippen molar-refractivity contribution in [1.29, 1.82) is 0 Å². The van der Waals surface area contributed by atoms with E-state index in [-0.39, 0.29) is 30.4 Å². The standard InChI is InChI=1S/C21H28N4O3/c26-19-12-17(14-24(19)13-16-6-2-1-3-7-16)22-21(28)23-10-11-25(20(27)15-23)18-8-4-5-9-18/h1-3,6-7,17-18H,4-5,8-15H2,(H,22,28)/t17-/m0/s1. The van der Waals surface area contributed by atoms with Crippen molar-refractivity contribution >= 4 is 17.8 Å². The van der Waals surface area contributed by atoms with Crippen molar-refractivity contribution < 1.29 is 14.4 Å². The first-order valence-corrected chi connectivity index (χ1v) is 10.3. The summed E-state index contributed by atoms with van der Waals surface area (Å²) in [5, 5.41) is 2.95. The zero-order valence-electron chi connectivity index (χ0n) is 16.2. The molecule has 0 bridgehead atoms. The average Bonchev–Trinajstić information content (AvgIpc) is 3.33. The van der Waals surface area contributed by atoms with Crippen LogP contribution in [0.3, 0.4) is 0 Å². The first kappa shape index (κ1) is 18.8. The molecule has 2 saturated heterocycles. The van der Waals surface area contributed by atoms with Gasteiger partial charge >= 0.3 is 6.03 Å². The summed E-state index contributed by atoms with van der Waals surface area (Å²) in [5.41, 5.74) is 1.08. The zero-order chi connectivity index (χ0) is 19.5. The highest BCUT2D eigenvalue weighted by molar-refractivity contribution is 5.86. The highest BCUT2D eigenvalue weighted by Crippen LogP contribution is 2.25. The van der Waals surface area contributed by atoms with Crippen LogP contribution in [0.1, 0.15) is 37.7 Å². The van der Waals surface area contributed by atoms with Crippen LogP contribution in [-0.4, -0.2) is 70.8 Å². The summed E-state index contributed by atoms with van der Waals surface area (Å²) in [5.74, 6) is 0.0952. The second kappa shape index (κ2) is 8.20. The van der Waals surface area contributed by atoms with E-state index in [1.165, 1.54) is 12.8 Å². The summed E-state index contributed by atoms with van der Waals surface area (Å²) in [6.45, 7) is 2.37. The number of benzene rings is 1. The summed E-state index contributed by atoms with van der Waals surface area (Å²) >= 11 is 0. The molecular weight excluding hydrogens is 356 g/mol. The fourth-order valence-electron chi connectivity index (χ4n) is 4.55. The van der Waals surface area contributed by atoms with E-state index in [1.807, 2.05) is 35.2 Å². The van der Waals surface area contributed by atoms with Gasteiger partial charge in [-0.2, -0.15) is 0 Å². The number of carbonyl (C=O) groups is 3. The molecule has 7 nitrogen and oxygen atoms in total. The van der Waals surface area contributed by atoms with E-state index in [0.29, 0.717) is 38.6 Å². The lowest BCUT2D eigenvalue weighted by atomic mass is 10.1. The third kappa shape index (κ3) is 4.13. The number of nitrogens with one attached hydrogen (secondary N) is 1. The van der Waals surface area contributed by atoms with E-state index in [2.05, 4.69) is 5.32 Å². The fourth-order valence-corrected chi connectivity index (χ4v) is 4.55. The summed E-state index contributed by atoms with van der Waals surface area (Å²) in [6, 6.07) is 9.77. The molecule has 1 aromatic carbocycles. The van der Waals surface area contributed by atoms with Crippen LogP contribution in [0.4, 0.5) is 4.79 Å². The van der Waals surface area contributed by atoms with Crippen LogP contribution >= 0.6 is 0 Å². The van der Waals surface area contributed by atoms with Crippen molar-refractivity contribution in [2.45, 2.75) is 50.7 Å². The van der Waals surface area contributed by atoms with Crippen molar-refractivity contribution in [2.75, 3.05) is 26.2 Å². The molecule has 2 heterocycles. The number of urea groups is 1. The Morgan fingerprint density at radius 1 is 1.04 bits per heavy atom. The molecule has 1 N–H and O–H groups in total. The quantitative estimate of drug-likeness (QED) is 0.857. The summed E-state index contributed by atoms with van der Waals surface area (Å²) < 4.78 is 0. The van der Waals surface area contributed by atoms with E-state index >= 15 is 0 Å². The van der Waals surface area contributed by atoms with Crippen molar-refractivity contribution in [1.82, 2.24) is 20.0 Å². The van der Waals surface area contributed by atoms with E-state index < -0.39 is 0 Å². The van der Waals surface area contributed by atoms with E-state index in [4.69, 9.17) is 0 Å².